The highest BCUT2D eigenvalue weighted by molar-refractivity contribution is 5.87. The van der Waals surface area contributed by atoms with Crippen molar-refractivity contribution in [1.29, 1.82) is 0 Å². The number of rotatable bonds is 2. The van der Waals surface area contributed by atoms with Gasteiger partial charge in [0.2, 0.25) is 5.91 Å². The molecule has 1 N–H and O–H groups in total. The Kier molecular flexibility index (Phi) is 4.54. The largest absolute Gasteiger partial charge is 0.444 e. The van der Waals surface area contributed by atoms with Crippen LogP contribution >= 0.6 is 0 Å². The van der Waals surface area contributed by atoms with E-state index in [2.05, 4.69) is 17.0 Å². The molecule has 0 saturated heterocycles. The summed E-state index contributed by atoms with van der Waals surface area (Å²) in [5.41, 5.74) is 0.338. The smallest absolute Gasteiger partial charge is 0.410 e. The number of ether oxygens (including phenoxy) is 1. The van der Waals surface area contributed by atoms with Crippen LogP contribution in [0.15, 0.2) is 24.9 Å². The quantitative estimate of drug-likeness (QED) is 0.836. The van der Waals surface area contributed by atoms with Gasteiger partial charge in [-0.3, -0.25) is 9.48 Å². The van der Waals surface area contributed by atoms with Crippen molar-refractivity contribution in [3.8, 4) is 0 Å². The lowest BCUT2D eigenvalue weighted by Gasteiger charge is -2.28. The van der Waals surface area contributed by atoms with Gasteiger partial charge in [-0.15, -0.1) is 0 Å². The molecule has 0 radical (unpaired) electrons. The molecule has 22 heavy (non-hydrogen) atoms. The first-order chi connectivity index (χ1) is 10.3. The molecule has 1 aromatic rings. The summed E-state index contributed by atoms with van der Waals surface area (Å²) >= 11 is 0. The molecule has 0 aliphatic carbocycles. The summed E-state index contributed by atoms with van der Waals surface area (Å²) in [5.74, 6) is -0.273. The Morgan fingerprint density at radius 3 is 2.82 bits per heavy atom. The van der Waals surface area contributed by atoms with Gasteiger partial charge in [-0.25, -0.2) is 4.79 Å². The Labute approximate surface area is 129 Å². The van der Waals surface area contributed by atoms with Gasteiger partial charge >= 0.3 is 6.09 Å². The van der Waals surface area contributed by atoms with E-state index in [1.807, 2.05) is 26.8 Å². The molecule has 1 aromatic heterocycles. The van der Waals surface area contributed by atoms with Crippen molar-refractivity contribution < 1.29 is 14.3 Å². The minimum Gasteiger partial charge on any atom is -0.444 e. The van der Waals surface area contributed by atoms with Gasteiger partial charge in [0.25, 0.3) is 0 Å². The molecular formula is C15H22N4O3. The molecule has 1 atom stereocenters. The molecule has 0 spiro atoms. The van der Waals surface area contributed by atoms with Gasteiger partial charge < -0.3 is 15.0 Å². The number of hydrogen-bond donors (Lipinski definition) is 1. The Hall–Kier alpha value is -2.31. The lowest BCUT2D eigenvalue weighted by molar-refractivity contribution is -0.117. The van der Waals surface area contributed by atoms with Gasteiger partial charge in [0.1, 0.15) is 5.60 Å². The third-order valence-corrected chi connectivity index (χ3v) is 3.17. The van der Waals surface area contributed by atoms with Crippen LogP contribution in [0.5, 0.6) is 0 Å². The Morgan fingerprint density at radius 2 is 2.18 bits per heavy atom. The number of nitrogens with one attached hydrogen (secondary N) is 1. The third-order valence-electron chi connectivity index (χ3n) is 3.17. The van der Waals surface area contributed by atoms with E-state index in [9.17, 15) is 9.59 Å². The van der Waals surface area contributed by atoms with Crippen LogP contribution in [0.3, 0.4) is 0 Å². The standard InChI is InChI=1S/C15H22N4O3/c1-5-13(20)17-11-8-18(14(21)22-15(2,3)4)10-12-6-7-16-19(12)9-11/h5-7,11H,1,8-10H2,2-4H3,(H,17,20). The zero-order valence-corrected chi connectivity index (χ0v) is 13.2. The molecule has 2 rings (SSSR count). The molecule has 2 amide bonds. The summed E-state index contributed by atoms with van der Waals surface area (Å²) in [5, 5.41) is 7.05. The van der Waals surface area contributed by atoms with Crippen molar-refractivity contribution in [3.05, 3.63) is 30.6 Å². The molecule has 0 fully saturated rings. The maximum absolute atomic E-state index is 12.3. The van der Waals surface area contributed by atoms with E-state index >= 15 is 0 Å². The topological polar surface area (TPSA) is 76.5 Å². The molecule has 7 nitrogen and oxygen atoms in total. The number of hydrogen-bond acceptors (Lipinski definition) is 4. The van der Waals surface area contributed by atoms with E-state index in [4.69, 9.17) is 4.74 Å². The average molecular weight is 306 g/mol. The minimum absolute atomic E-state index is 0.251. The number of carbonyl (C=O) groups is 2. The fraction of sp³-hybridized carbons (Fsp3) is 0.533. The predicted molar refractivity (Wildman–Crippen MR) is 81.0 cm³/mol. The van der Waals surface area contributed by atoms with Crippen LogP contribution < -0.4 is 5.32 Å². The lowest BCUT2D eigenvalue weighted by Crippen LogP contribution is -2.46. The Morgan fingerprint density at radius 1 is 1.45 bits per heavy atom. The SMILES string of the molecule is C=CC(=O)NC1CN(C(=O)OC(C)(C)C)Cc2ccnn2C1. The van der Waals surface area contributed by atoms with Gasteiger partial charge in [0.05, 0.1) is 24.8 Å². The van der Waals surface area contributed by atoms with Crippen molar-refractivity contribution in [1.82, 2.24) is 20.0 Å². The first kappa shape index (κ1) is 16.1. The average Bonchev–Trinajstić information content (AvgIpc) is 2.75. The molecule has 1 aliphatic rings. The minimum atomic E-state index is -0.566. The van der Waals surface area contributed by atoms with Gasteiger partial charge in [-0.1, -0.05) is 6.58 Å². The fourth-order valence-corrected chi connectivity index (χ4v) is 2.27. The number of nitrogens with zero attached hydrogens (tertiary/aromatic N) is 3. The first-order valence-electron chi connectivity index (χ1n) is 7.20. The van der Waals surface area contributed by atoms with Crippen LogP contribution in [0, 0.1) is 0 Å². The number of aromatic nitrogens is 2. The maximum atomic E-state index is 12.3. The predicted octanol–water partition coefficient (Wildman–Crippen LogP) is 1.30. The monoisotopic (exact) mass is 306 g/mol. The molecule has 0 bridgehead atoms. The second kappa shape index (κ2) is 6.21. The second-order valence-corrected chi connectivity index (χ2v) is 6.28. The van der Waals surface area contributed by atoms with Crippen molar-refractivity contribution >= 4 is 12.0 Å². The first-order valence-corrected chi connectivity index (χ1v) is 7.20. The summed E-state index contributed by atoms with van der Waals surface area (Å²) < 4.78 is 7.22. The molecule has 2 heterocycles. The van der Waals surface area contributed by atoms with Crippen molar-refractivity contribution in [3.63, 3.8) is 0 Å². The van der Waals surface area contributed by atoms with Gasteiger partial charge in [-0.2, -0.15) is 5.10 Å². The zero-order valence-electron chi connectivity index (χ0n) is 13.2. The summed E-state index contributed by atoms with van der Waals surface area (Å²) in [6, 6.07) is 1.61. The van der Waals surface area contributed by atoms with Crippen molar-refractivity contribution in [2.75, 3.05) is 6.54 Å². The zero-order chi connectivity index (χ0) is 16.3. The van der Waals surface area contributed by atoms with Gasteiger partial charge in [0.15, 0.2) is 0 Å². The maximum Gasteiger partial charge on any atom is 0.410 e. The molecule has 7 heteroatoms. The highest BCUT2D eigenvalue weighted by atomic mass is 16.6. The molecule has 0 saturated carbocycles. The van der Waals surface area contributed by atoms with E-state index in [1.165, 1.54) is 6.08 Å². The Balaban J connectivity index is 2.17. The molecular weight excluding hydrogens is 284 g/mol. The lowest BCUT2D eigenvalue weighted by atomic mass is 10.2. The fourth-order valence-electron chi connectivity index (χ4n) is 2.27. The van der Waals surface area contributed by atoms with Crippen LogP contribution in [-0.2, 0) is 22.6 Å². The number of amides is 2. The van der Waals surface area contributed by atoms with Crippen LogP contribution in [0.2, 0.25) is 0 Å². The van der Waals surface area contributed by atoms with Crippen LogP contribution in [0.1, 0.15) is 26.5 Å². The highest BCUT2D eigenvalue weighted by Gasteiger charge is 2.29. The van der Waals surface area contributed by atoms with E-state index in [0.29, 0.717) is 19.6 Å². The summed E-state index contributed by atoms with van der Waals surface area (Å²) in [6.07, 6.45) is 2.49. The Bertz CT molecular complexity index is 574. The molecule has 1 aliphatic heterocycles. The summed E-state index contributed by atoms with van der Waals surface area (Å²) in [4.78, 5) is 25.5. The summed E-state index contributed by atoms with van der Waals surface area (Å²) in [6.45, 7) is 10.2. The van der Waals surface area contributed by atoms with E-state index < -0.39 is 11.7 Å². The summed E-state index contributed by atoms with van der Waals surface area (Å²) in [7, 11) is 0. The van der Waals surface area contributed by atoms with Crippen molar-refractivity contribution in [2.45, 2.75) is 45.5 Å². The van der Waals surface area contributed by atoms with Crippen LogP contribution in [0.25, 0.3) is 0 Å². The van der Waals surface area contributed by atoms with Gasteiger partial charge in [0, 0.05) is 12.7 Å². The third kappa shape index (κ3) is 4.09. The van der Waals surface area contributed by atoms with Gasteiger partial charge in [-0.05, 0) is 32.9 Å². The second-order valence-electron chi connectivity index (χ2n) is 6.28. The van der Waals surface area contributed by atoms with Crippen molar-refractivity contribution in [2.24, 2.45) is 0 Å². The van der Waals surface area contributed by atoms with Crippen LogP contribution in [-0.4, -0.2) is 44.9 Å². The van der Waals surface area contributed by atoms with E-state index in [0.717, 1.165) is 5.69 Å². The molecule has 120 valence electrons. The van der Waals surface area contributed by atoms with Crippen LogP contribution in [0.4, 0.5) is 4.79 Å². The highest BCUT2D eigenvalue weighted by Crippen LogP contribution is 2.16. The van der Waals surface area contributed by atoms with E-state index in [-0.39, 0.29) is 11.9 Å². The molecule has 0 aromatic carbocycles. The normalized spacial score (nSPS) is 18.1. The number of fused-ring (bicyclic) bond motifs is 1. The number of carbonyl (C=O) groups excluding carboxylic acids is 2. The molecule has 1 unspecified atom stereocenters. The van der Waals surface area contributed by atoms with E-state index in [1.54, 1.807) is 15.8 Å².